The first-order valence-corrected chi connectivity index (χ1v) is 10.6. The van der Waals surface area contributed by atoms with Crippen LogP contribution >= 0.6 is 35.3 Å². The van der Waals surface area contributed by atoms with E-state index in [1.165, 1.54) is 11.3 Å². The quantitative estimate of drug-likeness (QED) is 0.430. The molecule has 3 aromatic rings. The van der Waals surface area contributed by atoms with Gasteiger partial charge in [0.05, 0.1) is 9.09 Å². The third kappa shape index (κ3) is 5.82. The molecule has 138 valence electrons. The van der Waals surface area contributed by atoms with E-state index in [0.717, 1.165) is 21.2 Å². The molecule has 4 nitrogen and oxygen atoms in total. The SMILES string of the molecule is CSc1ccc(C(=O)NC(=S)Nc2ccc(OCc3ccccc3)cc2)s1. The van der Waals surface area contributed by atoms with Gasteiger partial charge in [-0.3, -0.25) is 10.1 Å². The molecule has 2 aromatic carbocycles. The van der Waals surface area contributed by atoms with Crippen molar-refractivity contribution in [1.29, 1.82) is 0 Å². The van der Waals surface area contributed by atoms with E-state index in [1.807, 2.05) is 66.9 Å². The highest BCUT2D eigenvalue weighted by Crippen LogP contribution is 2.25. The summed E-state index contributed by atoms with van der Waals surface area (Å²) in [4.78, 5) is 12.8. The minimum Gasteiger partial charge on any atom is -0.489 e. The number of carbonyl (C=O) groups excluding carboxylic acids is 1. The van der Waals surface area contributed by atoms with Crippen LogP contribution in [-0.4, -0.2) is 17.3 Å². The molecule has 0 bridgehead atoms. The molecule has 0 aliphatic carbocycles. The molecule has 0 atom stereocenters. The van der Waals surface area contributed by atoms with Crippen molar-refractivity contribution in [2.75, 3.05) is 11.6 Å². The van der Waals surface area contributed by atoms with Crippen molar-refractivity contribution >= 4 is 52.0 Å². The van der Waals surface area contributed by atoms with Crippen LogP contribution in [0.15, 0.2) is 70.9 Å². The summed E-state index contributed by atoms with van der Waals surface area (Å²) in [6.07, 6.45) is 1.98. The first-order valence-electron chi connectivity index (χ1n) is 8.17. The van der Waals surface area contributed by atoms with Crippen molar-refractivity contribution in [1.82, 2.24) is 5.32 Å². The van der Waals surface area contributed by atoms with E-state index in [-0.39, 0.29) is 11.0 Å². The fourth-order valence-corrected chi connectivity index (χ4v) is 3.90. The Hall–Kier alpha value is -2.35. The Balaban J connectivity index is 1.50. The summed E-state index contributed by atoms with van der Waals surface area (Å²) < 4.78 is 6.84. The van der Waals surface area contributed by atoms with Crippen molar-refractivity contribution in [3.05, 3.63) is 77.2 Å². The third-order valence-electron chi connectivity index (χ3n) is 3.59. The number of hydrogen-bond acceptors (Lipinski definition) is 5. The monoisotopic (exact) mass is 414 g/mol. The van der Waals surface area contributed by atoms with Crippen LogP contribution in [0.3, 0.4) is 0 Å². The second-order valence-electron chi connectivity index (χ2n) is 5.53. The molecule has 1 heterocycles. The Morgan fingerprint density at radius 2 is 1.81 bits per heavy atom. The summed E-state index contributed by atoms with van der Waals surface area (Å²) in [5.74, 6) is 0.558. The maximum atomic E-state index is 12.2. The topological polar surface area (TPSA) is 50.4 Å². The Kier molecular flexibility index (Phi) is 6.86. The molecule has 7 heteroatoms. The number of benzene rings is 2. The normalized spacial score (nSPS) is 10.3. The average molecular weight is 415 g/mol. The third-order valence-corrected chi connectivity index (χ3v) is 5.97. The van der Waals surface area contributed by atoms with E-state index in [4.69, 9.17) is 17.0 Å². The molecule has 0 aliphatic rings. The zero-order chi connectivity index (χ0) is 19.1. The van der Waals surface area contributed by atoms with E-state index in [9.17, 15) is 4.79 Å². The molecular formula is C20H18N2O2S3. The Morgan fingerprint density at radius 3 is 2.48 bits per heavy atom. The van der Waals surface area contributed by atoms with Gasteiger partial charge in [0, 0.05) is 5.69 Å². The number of ether oxygens (including phenoxy) is 1. The molecule has 0 aliphatic heterocycles. The molecule has 0 unspecified atom stereocenters. The smallest absolute Gasteiger partial charge is 0.267 e. The molecule has 0 saturated heterocycles. The van der Waals surface area contributed by atoms with Gasteiger partial charge in [-0.25, -0.2) is 0 Å². The lowest BCUT2D eigenvalue weighted by Crippen LogP contribution is -2.33. The minimum atomic E-state index is -0.208. The number of carbonyl (C=O) groups is 1. The number of anilines is 1. The zero-order valence-corrected chi connectivity index (χ0v) is 17.0. The van der Waals surface area contributed by atoms with Crippen molar-refractivity contribution in [3.8, 4) is 5.75 Å². The molecule has 1 aromatic heterocycles. The van der Waals surface area contributed by atoms with Crippen LogP contribution in [0, 0.1) is 0 Å². The van der Waals surface area contributed by atoms with E-state index in [0.29, 0.717) is 11.5 Å². The summed E-state index contributed by atoms with van der Waals surface area (Å²) in [6.45, 7) is 0.515. The van der Waals surface area contributed by atoms with Gasteiger partial charge < -0.3 is 10.1 Å². The van der Waals surface area contributed by atoms with Crippen molar-refractivity contribution in [3.63, 3.8) is 0 Å². The second-order valence-corrected chi connectivity index (χ2v) is 8.13. The van der Waals surface area contributed by atoms with Gasteiger partial charge in [-0.15, -0.1) is 23.1 Å². The number of nitrogens with one attached hydrogen (secondary N) is 2. The number of amides is 1. The van der Waals surface area contributed by atoms with E-state index < -0.39 is 0 Å². The highest BCUT2D eigenvalue weighted by atomic mass is 32.2. The van der Waals surface area contributed by atoms with Crippen molar-refractivity contribution < 1.29 is 9.53 Å². The van der Waals surface area contributed by atoms with Crippen LogP contribution in [0.25, 0.3) is 0 Å². The van der Waals surface area contributed by atoms with Crippen LogP contribution in [0.2, 0.25) is 0 Å². The highest BCUT2D eigenvalue weighted by molar-refractivity contribution is 8.00. The minimum absolute atomic E-state index is 0.208. The van der Waals surface area contributed by atoms with Gasteiger partial charge in [0.2, 0.25) is 0 Å². The summed E-state index contributed by atoms with van der Waals surface area (Å²) in [7, 11) is 0. The van der Waals surface area contributed by atoms with E-state index in [1.54, 1.807) is 17.8 Å². The van der Waals surface area contributed by atoms with E-state index in [2.05, 4.69) is 10.6 Å². The van der Waals surface area contributed by atoms with Gasteiger partial charge in [-0.2, -0.15) is 0 Å². The van der Waals surface area contributed by atoms with Crippen LogP contribution < -0.4 is 15.4 Å². The molecule has 0 radical (unpaired) electrons. The van der Waals surface area contributed by atoms with Gasteiger partial charge in [0.1, 0.15) is 12.4 Å². The van der Waals surface area contributed by atoms with Gasteiger partial charge in [-0.1, -0.05) is 30.3 Å². The van der Waals surface area contributed by atoms with Crippen LogP contribution in [0.4, 0.5) is 5.69 Å². The summed E-state index contributed by atoms with van der Waals surface area (Å²) >= 11 is 8.27. The van der Waals surface area contributed by atoms with Gasteiger partial charge in [0.25, 0.3) is 5.91 Å². The molecule has 2 N–H and O–H groups in total. The molecule has 0 saturated carbocycles. The first kappa shape index (κ1) is 19.4. The number of thioether (sulfide) groups is 1. The molecule has 27 heavy (non-hydrogen) atoms. The molecule has 3 rings (SSSR count). The largest absolute Gasteiger partial charge is 0.489 e. The maximum absolute atomic E-state index is 12.2. The lowest BCUT2D eigenvalue weighted by Gasteiger charge is -2.10. The Labute approximate surface area is 172 Å². The van der Waals surface area contributed by atoms with Crippen molar-refractivity contribution in [2.45, 2.75) is 10.8 Å². The molecule has 0 spiro atoms. The Bertz CT molecular complexity index is 908. The Morgan fingerprint density at radius 1 is 1.07 bits per heavy atom. The number of hydrogen-bond donors (Lipinski definition) is 2. The molecular weight excluding hydrogens is 396 g/mol. The number of thiocarbonyl (C=S) groups is 1. The zero-order valence-electron chi connectivity index (χ0n) is 14.6. The summed E-state index contributed by atoms with van der Waals surface area (Å²) in [5, 5.41) is 5.96. The van der Waals surface area contributed by atoms with Crippen molar-refractivity contribution in [2.24, 2.45) is 0 Å². The maximum Gasteiger partial charge on any atom is 0.267 e. The summed E-state index contributed by atoms with van der Waals surface area (Å²) in [6, 6.07) is 21.1. The highest BCUT2D eigenvalue weighted by Gasteiger charge is 2.11. The van der Waals surface area contributed by atoms with E-state index >= 15 is 0 Å². The van der Waals surface area contributed by atoms with Gasteiger partial charge >= 0.3 is 0 Å². The van der Waals surface area contributed by atoms with Crippen LogP contribution in [-0.2, 0) is 6.61 Å². The number of rotatable bonds is 6. The van der Waals surface area contributed by atoms with Gasteiger partial charge in [-0.05, 0) is 60.4 Å². The lowest BCUT2D eigenvalue weighted by atomic mass is 10.2. The number of thiophene rings is 1. The molecule has 1 amide bonds. The fourth-order valence-electron chi connectivity index (χ4n) is 2.25. The van der Waals surface area contributed by atoms with Gasteiger partial charge in [0.15, 0.2) is 5.11 Å². The first-order chi connectivity index (χ1) is 13.1. The lowest BCUT2D eigenvalue weighted by molar-refractivity contribution is 0.0981. The van der Waals surface area contributed by atoms with Crippen LogP contribution in [0.5, 0.6) is 5.75 Å². The average Bonchev–Trinajstić information content (AvgIpc) is 3.18. The standard InChI is InChI=1S/C20H18N2O2S3/c1-26-18-12-11-17(27-18)19(23)22-20(25)21-15-7-9-16(10-8-15)24-13-14-5-3-2-4-6-14/h2-12H,13H2,1H3,(H2,21,22,23,25). The molecule has 0 fully saturated rings. The predicted octanol–water partition coefficient (Wildman–Crippen LogP) is 5.18. The summed E-state index contributed by atoms with van der Waals surface area (Å²) in [5.41, 5.74) is 1.89. The predicted molar refractivity (Wildman–Crippen MR) is 117 cm³/mol. The second kappa shape index (κ2) is 9.55. The van der Waals surface area contributed by atoms with Crippen LogP contribution in [0.1, 0.15) is 15.2 Å². The fraction of sp³-hybridized carbons (Fsp3) is 0.100.